The zero-order chi connectivity index (χ0) is 30.2. The highest BCUT2D eigenvalue weighted by Crippen LogP contribution is 2.64. The molecule has 0 atom stereocenters. The van der Waals surface area contributed by atoms with Gasteiger partial charge in [-0.15, -0.1) is 0 Å². The summed E-state index contributed by atoms with van der Waals surface area (Å²) in [6.07, 6.45) is -10.2. The molecule has 0 aliphatic rings. The van der Waals surface area contributed by atoms with Gasteiger partial charge < -0.3 is 9.22 Å². The molecule has 2 nitrogen and oxygen atoms in total. The van der Waals surface area contributed by atoms with Crippen molar-refractivity contribution in [3.8, 4) is 0 Å². The van der Waals surface area contributed by atoms with Crippen molar-refractivity contribution >= 4 is 11.8 Å². The maximum Gasteiger partial charge on any atom is 0.460 e. The fraction of sp³-hybridized carbons (Fsp3) is 1.00. The second kappa shape index (κ2) is 10.9. The maximum absolute atomic E-state index is 13.7. The van der Waals surface area contributed by atoms with E-state index in [-0.39, 0.29) is 19.0 Å². The zero-order valence-electron chi connectivity index (χ0n) is 18.9. The lowest BCUT2D eigenvalue weighted by Gasteiger charge is -2.42. The zero-order valence-corrected chi connectivity index (χ0v) is 19.7. The molecule has 20 heteroatoms. The first-order chi connectivity index (χ1) is 16.0. The smallest absolute Gasteiger partial charge is 0.375 e. The Morgan fingerprint density at radius 1 is 0.514 bits per heavy atom. The molecular formula is C17H21F17NOS+. The van der Waals surface area contributed by atoms with E-state index >= 15 is 0 Å². The molecule has 0 aliphatic carbocycles. The van der Waals surface area contributed by atoms with E-state index in [2.05, 4.69) is 0 Å². The molecule has 0 unspecified atom stereocenters. The van der Waals surface area contributed by atoms with E-state index in [1.165, 1.54) is 0 Å². The van der Waals surface area contributed by atoms with Gasteiger partial charge >= 0.3 is 47.6 Å². The number of halogens is 17. The van der Waals surface area contributed by atoms with Crippen molar-refractivity contribution in [2.24, 2.45) is 0 Å². The fourth-order valence-corrected chi connectivity index (χ4v) is 3.05. The van der Waals surface area contributed by atoms with Gasteiger partial charge in [-0.3, -0.25) is 0 Å². The normalized spacial score (nSPS) is 15.9. The van der Waals surface area contributed by atoms with Crippen LogP contribution in [-0.4, -0.2) is 105 Å². The lowest BCUT2D eigenvalue weighted by Crippen LogP contribution is -2.74. The Morgan fingerprint density at radius 3 is 1.27 bits per heavy atom. The average Bonchev–Trinajstić information content (AvgIpc) is 2.67. The molecular weight excluding hydrogens is 589 g/mol. The van der Waals surface area contributed by atoms with Gasteiger partial charge in [-0.05, 0) is 5.75 Å². The number of rotatable bonds is 15. The van der Waals surface area contributed by atoms with Gasteiger partial charge in [-0.25, -0.2) is 0 Å². The first kappa shape index (κ1) is 36.1. The van der Waals surface area contributed by atoms with Crippen molar-refractivity contribution < 1.29 is 83.9 Å². The van der Waals surface area contributed by atoms with E-state index in [1.54, 1.807) is 21.1 Å². The lowest BCUT2D eigenvalue weighted by molar-refractivity contribution is -0.870. The van der Waals surface area contributed by atoms with Crippen LogP contribution in [0.15, 0.2) is 0 Å². The van der Waals surface area contributed by atoms with E-state index in [1.807, 2.05) is 0 Å². The highest BCUT2D eigenvalue weighted by Gasteiger charge is 2.95. The Bertz CT molecular complexity index is 745. The predicted molar refractivity (Wildman–Crippen MR) is 96.3 cm³/mol. The van der Waals surface area contributed by atoms with Crippen molar-refractivity contribution in [2.45, 2.75) is 54.1 Å². The van der Waals surface area contributed by atoms with Crippen LogP contribution in [0, 0.1) is 0 Å². The Labute approximate surface area is 203 Å². The van der Waals surface area contributed by atoms with Gasteiger partial charge in [0.25, 0.3) is 0 Å². The van der Waals surface area contributed by atoms with Crippen molar-refractivity contribution in [1.82, 2.24) is 0 Å². The lowest BCUT2D eigenvalue weighted by atomic mass is 9.88. The van der Waals surface area contributed by atoms with Crippen LogP contribution in [0.3, 0.4) is 0 Å². The van der Waals surface area contributed by atoms with Gasteiger partial charge in [0.05, 0.1) is 34.4 Å². The summed E-state index contributed by atoms with van der Waals surface area (Å²) in [7, 11) is 5.33. The Kier molecular flexibility index (Phi) is 10.6. The summed E-state index contributed by atoms with van der Waals surface area (Å²) >= 11 is 0.320. The molecule has 37 heavy (non-hydrogen) atoms. The summed E-state index contributed by atoms with van der Waals surface area (Å²) < 4.78 is 229. The summed E-state index contributed by atoms with van der Waals surface area (Å²) in [5, 5.41) is 0. The monoisotopic (exact) mass is 610 g/mol. The van der Waals surface area contributed by atoms with Crippen LogP contribution >= 0.6 is 11.8 Å². The molecule has 0 fully saturated rings. The highest BCUT2D eigenvalue weighted by molar-refractivity contribution is 7.99. The Morgan fingerprint density at radius 2 is 0.892 bits per heavy atom. The van der Waals surface area contributed by atoms with Crippen molar-refractivity contribution in [1.29, 1.82) is 0 Å². The standard InChI is InChI=1S/C17H21F17NOS/c1-35(2,3)5-6-36-7-9-37-8-4-10(18,19)11(20,21)12(22,23)13(24,25)14(26,27)15(28,29)16(30,31)17(32,33)34/h4-9H2,1-3H3/q+1. The molecule has 0 saturated carbocycles. The molecule has 0 saturated heterocycles. The summed E-state index contributed by atoms with van der Waals surface area (Å²) in [6, 6.07) is 0. The molecule has 0 amide bonds. The fourth-order valence-electron chi connectivity index (χ4n) is 2.21. The number of alkyl halides is 17. The minimum Gasteiger partial charge on any atom is -0.375 e. The highest BCUT2D eigenvalue weighted by atomic mass is 32.2. The average molecular weight is 610 g/mol. The van der Waals surface area contributed by atoms with Crippen molar-refractivity contribution in [3.05, 3.63) is 0 Å². The van der Waals surface area contributed by atoms with Crippen LogP contribution in [0.25, 0.3) is 0 Å². The van der Waals surface area contributed by atoms with Gasteiger partial charge in [-0.2, -0.15) is 86.4 Å². The minimum atomic E-state index is -8.60. The third-order valence-corrected chi connectivity index (χ3v) is 5.57. The van der Waals surface area contributed by atoms with Crippen molar-refractivity contribution in [2.75, 3.05) is 52.4 Å². The molecule has 224 valence electrons. The van der Waals surface area contributed by atoms with E-state index in [0.717, 1.165) is 0 Å². The topological polar surface area (TPSA) is 9.23 Å². The molecule has 0 rings (SSSR count). The molecule has 0 aromatic rings. The molecule has 0 spiro atoms. The van der Waals surface area contributed by atoms with E-state index in [4.69, 9.17) is 4.74 Å². The number of hydrogen-bond donors (Lipinski definition) is 0. The quantitative estimate of drug-likeness (QED) is 0.114. The van der Waals surface area contributed by atoms with Crippen LogP contribution in [0.1, 0.15) is 6.42 Å². The number of ether oxygens (including phenoxy) is 1. The van der Waals surface area contributed by atoms with Crippen LogP contribution in [-0.2, 0) is 4.74 Å². The van der Waals surface area contributed by atoms with Crippen LogP contribution < -0.4 is 0 Å². The first-order valence-corrected chi connectivity index (χ1v) is 10.8. The maximum atomic E-state index is 13.7. The molecule has 0 aliphatic heterocycles. The molecule has 0 aromatic heterocycles. The molecule has 0 aromatic carbocycles. The third kappa shape index (κ3) is 6.81. The molecule has 0 heterocycles. The second-order valence-corrected chi connectivity index (χ2v) is 9.86. The van der Waals surface area contributed by atoms with Crippen LogP contribution in [0.2, 0.25) is 0 Å². The summed E-state index contributed by atoms with van der Waals surface area (Å²) in [4.78, 5) is 0. The van der Waals surface area contributed by atoms with Gasteiger partial charge in [0.15, 0.2) is 0 Å². The van der Waals surface area contributed by atoms with Crippen LogP contribution in [0.4, 0.5) is 74.6 Å². The van der Waals surface area contributed by atoms with Gasteiger partial charge in [-0.1, -0.05) is 0 Å². The number of likely N-dealkylation sites (N-methyl/N-ethyl adjacent to an activating group) is 1. The summed E-state index contributed by atoms with van der Waals surface area (Å²) in [6.45, 7) is 0.429. The predicted octanol–water partition coefficient (Wildman–Crippen LogP) is 6.84. The van der Waals surface area contributed by atoms with E-state index < -0.39 is 59.8 Å². The SMILES string of the molecule is C[N+](C)(C)CCOCCSCCC(F)(F)C(F)(F)C(F)(F)C(F)(F)C(F)(F)C(F)(F)C(F)(F)C(F)(F)F. The summed E-state index contributed by atoms with van der Waals surface area (Å²) in [5.41, 5.74) is 0. The first-order valence-electron chi connectivity index (χ1n) is 9.63. The Hall–Kier alpha value is -0.920. The number of hydrogen-bond acceptors (Lipinski definition) is 2. The summed E-state index contributed by atoms with van der Waals surface area (Å²) in [5.74, 6) is -57.4. The number of nitrogens with zero attached hydrogens (tertiary/aromatic N) is 1. The Balaban J connectivity index is 5.68. The largest absolute Gasteiger partial charge is 0.460 e. The van der Waals surface area contributed by atoms with Crippen molar-refractivity contribution in [3.63, 3.8) is 0 Å². The van der Waals surface area contributed by atoms with Gasteiger partial charge in [0.1, 0.15) is 6.54 Å². The minimum absolute atomic E-state index is 0.145. The van der Waals surface area contributed by atoms with Gasteiger partial charge in [0.2, 0.25) is 0 Å². The molecule has 0 N–H and O–H groups in total. The van der Waals surface area contributed by atoms with Gasteiger partial charge in [0, 0.05) is 12.2 Å². The second-order valence-electron chi connectivity index (χ2n) is 8.64. The number of thioether (sulfide) groups is 1. The number of quaternary nitrogens is 1. The van der Waals surface area contributed by atoms with Crippen LogP contribution in [0.5, 0.6) is 0 Å². The third-order valence-electron chi connectivity index (χ3n) is 4.63. The van der Waals surface area contributed by atoms with E-state index in [9.17, 15) is 74.6 Å². The molecule has 0 bridgehead atoms. The molecule has 0 radical (unpaired) electrons. The van der Waals surface area contributed by atoms with E-state index in [0.29, 0.717) is 22.8 Å².